The van der Waals surface area contributed by atoms with Gasteiger partial charge in [0.2, 0.25) is 0 Å². The van der Waals surface area contributed by atoms with Crippen molar-refractivity contribution in [1.82, 2.24) is 0 Å². The van der Waals surface area contributed by atoms with Crippen LogP contribution in [-0.2, 0) is 0 Å². The molecule has 0 N–H and O–H groups in total. The van der Waals surface area contributed by atoms with E-state index in [1.165, 1.54) is 11.3 Å². The van der Waals surface area contributed by atoms with Gasteiger partial charge in [-0.15, -0.1) is 11.3 Å². The summed E-state index contributed by atoms with van der Waals surface area (Å²) < 4.78 is 10.9. The van der Waals surface area contributed by atoms with Crippen molar-refractivity contribution >= 4 is 22.9 Å². The highest BCUT2D eigenvalue weighted by atomic mass is 32.1. The number of carbonyl (C=O) groups excluding carboxylic acids is 2. The number of thiophene rings is 1. The number of hydrogen-bond acceptors (Lipinski definition) is 5. The molecule has 1 aliphatic rings. The molecule has 4 nitrogen and oxygen atoms in total. The molecule has 0 aliphatic carbocycles. The average Bonchev–Trinajstić information content (AvgIpc) is 3.06. The minimum atomic E-state index is -0.0584. The van der Waals surface area contributed by atoms with E-state index < -0.39 is 0 Å². The van der Waals surface area contributed by atoms with Gasteiger partial charge in [-0.05, 0) is 29.6 Å². The number of hydrogen-bond donors (Lipinski definition) is 0. The molecule has 0 spiro atoms. The van der Waals surface area contributed by atoms with Crippen molar-refractivity contribution in [2.24, 2.45) is 0 Å². The fourth-order valence-corrected chi connectivity index (χ4v) is 2.84. The molecule has 0 amide bonds. The molecule has 2 heterocycles. The third kappa shape index (κ3) is 3.13. The zero-order valence-electron chi connectivity index (χ0n) is 11.3. The van der Waals surface area contributed by atoms with Crippen molar-refractivity contribution < 1.29 is 19.1 Å². The first-order valence-electron chi connectivity index (χ1n) is 6.73. The quantitative estimate of drug-likeness (QED) is 0.795. The van der Waals surface area contributed by atoms with Crippen LogP contribution in [0.25, 0.3) is 0 Å². The lowest BCUT2D eigenvalue weighted by atomic mass is 10.0. The molecule has 2 aromatic rings. The molecule has 0 radical (unpaired) electrons. The highest BCUT2D eigenvalue weighted by Gasteiger charge is 2.16. The fraction of sp³-hybridized carbons (Fsp3) is 0.250. The number of rotatable bonds is 5. The Kier molecular flexibility index (Phi) is 4.01. The molecule has 0 saturated carbocycles. The van der Waals surface area contributed by atoms with Gasteiger partial charge in [0.1, 0.15) is 13.2 Å². The van der Waals surface area contributed by atoms with Gasteiger partial charge in [-0.1, -0.05) is 6.07 Å². The Balaban J connectivity index is 1.64. The number of benzene rings is 1. The number of carbonyl (C=O) groups is 2. The Morgan fingerprint density at radius 3 is 2.52 bits per heavy atom. The van der Waals surface area contributed by atoms with E-state index in [2.05, 4.69) is 0 Å². The molecule has 3 rings (SSSR count). The van der Waals surface area contributed by atoms with Gasteiger partial charge >= 0.3 is 0 Å². The van der Waals surface area contributed by atoms with Crippen molar-refractivity contribution in [3.63, 3.8) is 0 Å². The van der Waals surface area contributed by atoms with E-state index in [1.807, 2.05) is 11.4 Å². The van der Waals surface area contributed by atoms with E-state index in [0.717, 1.165) is 0 Å². The fourth-order valence-electron chi connectivity index (χ4n) is 2.15. The number of ether oxygens (including phenoxy) is 2. The predicted molar refractivity (Wildman–Crippen MR) is 79.6 cm³/mol. The van der Waals surface area contributed by atoms with Crippen LogP contribution in [0.1, 0.15) is 32.9 Å². The largest absolute Gasteiger partial charge is 0.486 e. The molecule has 108 valence electrons. The smallest absolute Gasteiger partial charge is 0.173 e. The zero-order valence-corrected chi connectivity index (χ0v) is 12.2. The van der Waals surface area contributed by atoms with Crippen LogP contribution >= 0.6 is 11.3 Å². The van der Waals surface area contributed by atoms with Crippen LogP contribution in [0.3, 0.4) is 0 Å². The second kappa shape index (κ2) is 6.10. The molecule has 0 saturated heterocycles. The summed E-state index contributed by atoms with van der Waals surface area (Å²) in [6.45, 7) is 1.01. The van der Waals surface area contributed by atoms with Gasteiger partial charge in [0.25, 0.3) is 0 Å². The second-order valence-corrected chi connectivity index (χ2v) is 5.63. The minimum absolute atomic E-state index is 0.0101. The third-order valence-electron chi connectivity index (χ3n) is 3.24. The average molecular weight is 302 g/mol. The first-order valence-corrected chi connectivity index (χ1v) is 7.61. The molecule has 1 aromatic carbocycles. The van der Waals surface area contributed by atoms with Crippen LogP contribution in [0.4, 0.5) is 0 Å². The number of Topliss-reactive ketones (excluding diaryl/α,β-unsaturated/α-hetero) is 2. The van der Waals surface area contributed by atoms with Crippen molar-refractivity contribution in [2.75, 3.05) is 13.2 Å². The summed E-state index contributed by atoms with van der Waals surface area (Å²) in [5, 5.41) is 1.86. The van der Waals surface area contributed by atoms with E-state index in [-0.39, 0.29) is 24.4 Å². The summed E-state index contributed by atoms with van der Waals surface area (Å²) >= 11 is 1.40. The van der Waals surface area contributed by atoms with Gasteiger partial charge in [0.15, 0.2) is 23.1 Å². The standard InChI is InChI=1S/C16H14O4S/c17-12(4-5-13(18)16-2-1-9-21-16)11-3-6-14-15(10-11)20-8-7-19-14/h1-3,6,9-10H,4-5,7-8H2. The van der Waals surface area contributed by atoms with Gasteiger partial charge < -0.3 is 9.47 Å². The molecule has 0 atom stereocenters. The molecule has 1 aromatic heterocycles. The van der Waals surface area contributed by atoms with Gasteiger partial charge in [0.05, 0.1) is 4.88 Å². The summed E-state index contributed by atoms with van der Waals surface area (Å²) in [6, 6.07) is 8.75. The molecule has 0 unspecified atom stereocenters. The Hall–Kier alpha value is -2.14. The third-order valence-corrected chi connectivity index (χ3v) is 4.15. The summed E-state index contributed by atoms with van der Waals surface area (Å²) in [6.07, 6.45) is 0.435. The first kappa shape index (κ1) is 13.8. The van der Waals surface area contributed by atoms with E-state index in [9.17, 15) is 9.59 Å². The lowest BCUT2D eigenvalue weighted by Gasteiger charge is -2.18. The van der Waals surface area contributed by atoms with Crippen LogP contribution in [0.2, 0.25) is 0 Å². The topological polar surface area (TPSA) is 52.6 Å². The predicted octanol–water partition coefficient (Wildman–Crippen LogP) is 3.37. The summed E-state index contributed by atoms with van der Waals surface area (Å²) in [4.78, 5) is 24.7. The Morgan fingerprint density at radius 2 is 1.76 bits per heavy atom. The maximum absolute atomic E-state index is 12.2. The molecule has 21 heavy (non-hydrogen) atoms. The van der Waals surface area contributed by atoms with Crippen molar-refractivity contribution in [3.05, 3.63) is 46.2 Å². The van der Waals surface area contributed by atoms with Gasteiger partial charge in [-0.3, -0.25) is 9.59 Å². The lowest BCUT2D eigenvalue weighted by molar-refractivity contribution is 0.0919. The van der Waals surface area contributed by atoms with E-state index in [4.69, 9.17) is 9.47 Å². The van der Waals surface area contributed by atoms with Crippen molar-refractivity contribution in [3.8, 4) is 11.5 Å². The normalized spacial score (nSPS) is 13.0. The monoisotopic (exact) mass is 302 g/mol. The Labute approximate surface area is 126 Å². The highest BCUT2D eigenvalue weighted by molar-refractivity contribution is 7.12. The van der Waals surface area contributed by atoms with Gasteiger partial charge in [-0.25, -0.2) is 0 Å². The van der Waals surface area contributed by atoms with Crippen LogP contribution in [0, 0.1) is 0 Å². The molecule has 1 aliphatic heterocycles. The summed E-state index contributed by atoms with van der Waals surface area (Å²) in [7, 11) is 0. The SMILES string of the molecule is O=C(CCC(=O)c1cccs1)c1ccc2c(c1)OCCO2. The first-order chi connectivity index (χ1) is 10.2. The summed E-state index contributed by atoms with van der Waals surface area (Å²) in [5.41, 5.74) is 0.554. The van der Waals surface area contributed by atoms with Crippen molar-refractivity contribution in [2.45, 2.75) is 12.8 Å². The Bertz CT molecular complexity index is 661. The van der Waals surface area contributed by atoms with Gasteiger partial charge in [0, 0.05) is 18.4 Å². The van der Waals surface area contributed by atoms with Crippen LogP contribution < -0.4 is 9.47 Å². The van der Waals surface area contributed by atoms with Gasteiger partial charge in [-0.2, -0.15) is 0 Å². The van der Waals surface area contributed by atoms with E-state index in [1.54, 1.807) is 24.3 Å². The maximum atomic E-state index is 12.2. The number of ketones is 2. The molecule has 0 bridgehead atoms. The minimum Gasteiger partial charge on any atom is -0.486 e. The summed E-state index contributed by atoms with van der Waals surface area (Å²) in [5.74, 6) is 1.21. The van der Waals surface area contributed by atoms with Crippen LogP contribution in [0.5, 0.6) is 11.5 Å². The Morgan fingerprint density at radius 1 is 1.00 bits per heavy atom. The highest BCUT2D eigenvalue weighted by Crippen LogP contribution is 2.31. The molecular weight excluding hydrogens is 288 g/mol. The van der Waals surface area contributed by atoms with Crippen LogP contribution in [0.15, 0.2) is 35.7 Å². The van der Waals surface area contributed by atoms with Crippen LogP contribution in [-0.4, -0.2) is 24.8 Å². The molecular formula is C16H14O4S. The van der Waals surface area contributed by atoms with E-state index in [0.29, 0.717) is 35.2 Å². The van der Waals surface area contributed by atoms with Crippen molar-refractivity contribution in [1.29, 1.82) is 0 Å². The lowest BCUT2D eigenvalue weighted by Crippen LogP contribution is -2.15. The second-order valence-electron chi connectivity index (χ2n) is 4.68. The maximum Gasteiger partial charge on any atom is 0.173 e. The zero-order chi connectivity index (χ0) is 14.7. The number of fused-ring (bicyclic) bond motifs is 1. The van der Waals surface area contributed by atoms with E-state index >= 15 is 0 Å². The molecule has 0 fully saturated rings. The molecule has 5 heteroatoms.